The van der Waals surface area contributed by atoms with Crippen LogP contribution in [-0.4, -0.2) is 56.5 Å². The van der Waals surface area contributed by atoms with Crippen molar-refractivity contribution < 1.29 is 14.5 Å². The third-order valence-electron chi connectivity index (χ3n) is 5.16. The van der Waals surface area contributed by atoms with Crippen LogP contribution in [0.5, 0.6) is 0 Å². The molecule has 138 valence electrons. The highest BCUT2D eigenvalue weighted by Gasteiger charge is 2.26. The molecule has 1 heterocycles. The van der Waals surface area contributed by atoms with E-state index in [0.29, 0.717) is 11.6 Å². The Labute approximate surface area is 151 Å². The van der Waals surface area contributed by atoms with Crippen LogP contribution in [0.25, 0.3) is 0 Å². The van der Waals surface area contributed by atoms with Crippen molar-refractivity contribution in [1.82, 2.24) is 10.2 Å². The van der Waals surface area contributed by atoms with E-state index in [9.17, 15) is 9.59 Å². The number of carbonyl (C=O) groups is 2. The Bertz CT molecular complexity index is 596. The normalized spacial score (nSPS) is 20.8. The number of piperidine rings is 1. The Kier molecular flexibility index (Phi) is 6.22. The molecule has 25 heavy (non-hydrogen) atoms. The van der Waals surface area contributed by atoms with Crippen molar-refractivity contribution in [3.63, 3.8) is 0 Å². The zero-order chi connectivity index (χ0) is 18.6. The first-order valence-electron chi connectivity index (χ1n) is 9.14. The van der Waals surface area contributed by atoms with E-state index < -0.39 is 0 Å². The van der Waals surface area contributed by atoms with E-state index in [-0.39, 0.29) is 23.8 Å². The lowest BCUT2D eigenvalue weighted by Crippen LogP contribution is -3.10. The molecule has 1 fully saturated rings. The summed E-state index contributed by atoms with van der Waals surface area (Å²) in [5.74, 6) is -0.223. The first-order chi connectivity index (χ1) is 11.7. The van der Waals surface area contributed by atoms with E-state index in [2.05, 4.69) is 33.1 Å². The van der Waals surface area contributed by atoms with Crippen LogP contribution >= 0.6 is 0 Å². The number of rotatable bonds is 4. The highest BCUT2D eigenvalue weighted by molar-refractivity contribution is 5.96. The van der Waals surface area contributed by atoms with E-state index >= 15 is 0 Å². The van der Waals surface area contributed by atoms with Crippen molar-refractivity contribution in [1.29, 1.82) is 0 Å². The quantitative estimate of drug-likeness (QED) is 0.849. The number of nitrogens with one attached hydrogen (secondary N) is 2. The molecule has 1 aromatic carbocycles. The van der Waals surface area contributed by atoms with Gasteiger partial charge < -0.3 is 15.1 Å². The minimum atomic E-state index is -0.199. The van der Waals surface area contributed by atoms with Gasteiger partial charge in [0.05, 0.1) is 26.7 Å². The van der Waals surface area contributed by atoms with Gasteiger partial charge in [-0.05, 0) is 23.1 Å². The largest absolute Gasteiger partial charge is 0.343 e. The molecule has 1 aliphatic heterocycles. The van der Waals surface area contributed by atoms with E-state index in [4.69, 9.17) is 0 Å². The molecule has 2 N–H and O–H groups in total. The van der Waals surface area contributed by atoms with Gasteiger partial charge in [-0.25, -0.2) is 0 Å². The number of likely N-dealkylation sites (tertiary alicyclic amines) is 1. The summed E-state index contributed by atoms with van der Waals surface area (Å²) in [6.07, 6.45) is 2.05. The van der Waals surface area contributed by atoms with Gasteiger partial charge in [-0.3, -0.25) is 9.59 Å². The maximum atomic E-state index is 12.3. The summed E-state index contributed by atoms with van der Waals surface area (Å²) in [4.78, 5) is 27.9. The van der Waals surface area contributed by atoms with Crippen molar-refractivity contribution in [3.05, 3.63) is 35.4 Å². The maximum Gasteiger partial charge on any atom is 0.251 e. The number of amides is 2. The number of likely N-dealkylation sites (N-methyl/N-ethyl adjacent to an activating group) is 1. The average molecular weight is 346 g/mol. The van der Waals surface area contributed by atoms with Crippen molar-refractivity contribution in [2.24, 2.45) is 0 Å². The second kappa shape index (κ2) is 8.00. The zero-order valence-corrected chi connectivity index (χ0v) is 16.2. The van der Waals surface area contributed by atoms with E-state index in [0.717, 1.165) is 25.9 Å². The van der Waals surface area contributed by atoms with Crippen LogP contribution in [0.3, 0.4) is 0 Å². The van der Waals surface area contributed by atoms with Crippen molar-refractivity contribution in [2.45, 2.75) is 45.1 Å². The molecular weight excluding hydrogens is 314 g/mol. The van der Waals surface area contributed by atoms with Crippen LogP contribution < -0.4 is 10.2 Å². The average Bonchev–Trinajstić information content (AvgIpc) is 2.58. The third-order valence-corrected chi connectivity index (χ3v) is 5.16. The molecule has 0 aliphatic carbocycles. The summed E-state index contributed by atoms with van der Waals surface area (Å²) in [6.45, 7) is 8.66. The van der Waals surface area contributed by atoms with Gasteiger partial charge in [0.25, 0.3) is 5.91 Å². The summed E-state index contributed by atoms with van der Waals surface area (Å²) < 4.78 is 0. The Hall–Kier alpha value is -1.88. The Morgan fingerprint density at radius 3 is 2.24 bits per heavy atom. The zero-order valence-electron chi connectivity index (χ0n) is 16.2. The highest BCUT2D eigenvalue weighted by atomic mass is 16.2. The van der Waals surface area contributed by atoms with Crippen LogP contribution in [0, 0.1) is 0 Å². The highest BCUT2D eigenvalue weighted by Crippen LogP contribution is 2.22. The van der Waals surface area contributed by atoms with Crippen LogP contribution in [0.4, 0.5) is 0 Å². The van der Waals surface area contributed by atoms with Gasteiger partial charge in [-0.15, -0.1) is 0 Å². The molecule has 1 saturated heterocycles. The monoisotopic (exact) mass is 346 g/mol. The van der Waals surface area contributed by atoms with Gasteiger partial charge in [0, 0.05) is 31.5 Å². The second-order valence-corrected chi connectivity index (χ2v) is 8.20. The van der Waals surface area contributed by atoms with Crippen molar-refractivity contribution in [3.8, 4) is 0 Å². The summed E-state index contributed by atoms with van der Waals surface area (Å²) in [5.41, 5.74) is 1.83. The van der Waals surface area contributed by atoms with Gasteiger partial charge in [-0.1, -0.05) is 32.9 Å². The Balaban J connectivity index is 1.85. The molecule has 1 aromatic rings. The molecule has 0 atom stereocenters. The summed E-state index contributed by atoms with van der Waals surface area (Å²) >= 11 is 0. The predicted molar refractivity (Wildman–Crippen MR) is 99.9 cm³/mol. The molecule has 0 spiro atoms. The van der Waals surface area contributed by atoms with Crippen molar-refractivity contribution in [2.75, 3.05) is 33.7 Å². The minimum Gasteiger partial charge on any atom is -0.343 e. The molecule has 5 nitrogen and oxygen atoms in total. The first-order valence-corrected chi connectivity index (χ1v) is 9.14. The molecule has 1 aliphatic rings. The molecular formula is C20H32N3O2+. The summed E-state index contributed by atoms with van der Waals surface area (Å²) in [7, 11) is 4.03. The smallest absolute Gasteiger partial charge is 0.251 e. The lowest BCUT2D eigenvalue weighted by molar-refractivity contribution is -0.885. The van der Waals surface area contributed by atoms with E-state index in [1.807, 2.05) is 31.3 Å². The topological polar surface area (TPSA) is 53.9 Å². The first kappa shape index (κ1) is 19.4. The van der Waals surface area contributed by atoms with E-state index in [1.54, 1.807) is 4.90 Å². The predicted octanol–water partition coefficient (Wildman–Crippen LogP) is 0.849. The SMILES string of the molecule is CN(C(=O)CNC(=O)c1ccc(C(C)(C)C)cc1)C1CC[NH+](C)CC1. The van der Waals surface area contributed by atoms with Gasteiger partial charge in [0.2, 0.25) is 5.91 Å². The third kappa shape index (κ3) is 5.30. The van der Waals surface area contributed by atoms with E-state index in [1.165, 1.54) is 10.5 Å². The molecule has 0 unspecified atom stereocenters. The summed E-state index contributed by atoms with van der Waals surface area (Å²) in [5, 5.41) is 2.75. The lowest BCUT2D eigenvalue weighted by Gasteiger charge is -2.33. The number of nitrogens with zero attached hydrogens (tertiary/aromatic N) is 1. The fraction of sp³-hybridized carbons (Fsp3) is 0.600. The molecule has 0 saturated carbocycles. The number of hydrogen-bond donors (Lipinski definition) is 2. The van der Waals surface area contributed by atoms with Gasteiger partial charge in [0.1, 0.15) is 0 Å². The Morgan fingerprint density at radius 1 is 1.16 bits per heavy atom. The molecule has 2 amide bonds. The molecule has 0 aromatic heterocycles. The van der Waals surface area contributed by atoms with Crippen molar-refractivity contribution >= 4 is 11.8 Å². The van der Waals surface area contributed by atoms with Gasteiger partial charge >= 0.3 is 0 Å². The van der Waals surface area contributed by atoms with Gasteiger partial charge in [0.15, 0.2) is 0 Å². The molecule has 0 bridgehead atoms. The number of carbonyl (C=O) groups excluding carboxylic acids is 2. The fourth-order valence-electron chi connectivity index (χ4n) is 3.19. The molecule has 0 radical (unpaired) electrons. The minimum absolute atomic E-state index is 0.0239. The van der Waals surface area contributed by atoms with Crippen LogP contribution in [-0.2, 0) is 10.2 Å². The Morgan fingerprint density at radius 2 is 1.72 bits per heavy atom. The van der Waals surface area contributed by atoms with Crippen LogP contribution in [0.15, 0.2) is 24.3 Å². The number of hydrogen-bond acceptors (Lipinski definition) is 2. The molecule has 2 rings (SSSR count). The maximum absolute atomic E-state index is 12.3. The number of quaternary nitrogens is 1. The summed E-state index contributed by atoms with van der Waals surface area (Å²) in [6, 6.07) is 7.89. The standard InChI is InChI=1S/C20H31N3O2/c1-20(2,3)16-8-6-15(7-9-16)19(25)21-14-18(24)23(5)17-10-12-22(4)13-11-17/h6-9,17H,10-14H2,1-5H3,(H,21,25)/p+1. The fourth-order valence-corrected chi connectivity index (χ4v) is 3.19. The van der Waals surface area contributed by atoms with Gasteiger partial charge in [-0.2, -0.15) is 0 Å². The molecule has 5 heteroatoms. The van der Waals surface area contributed by atoms with Crippen LogP contribution in [0.1, 0.15) is 49.5 Å². The second-order valence-electron chi connectivity index (χ2n) is 8.20. The lowest BCUT2D eigenvalue weighted by atomic mass is 9.87. The van der Waals surface area contributed by atoms with Crippen LogP contribution in [0.2, 0.25) is 0 Å². The number of benzene rings is 1.